The van der Waals surface area contributed by atoms with Crippen LogP contribution in [0.4, 0.5) is 0 Å². The van der Waals surface area contributed by atoms with E-state index in [9.17, 15) is 9.59 Å². The Morgan fingerprint density at radius 3 is 2.92 bits per heavy atom. The van der Waals surface area contributed by atoms with Crippen LogP contribution >= 0.6 is 0 Å². The Morgan fingerprint density at radius 1 is 1.54 bits per heavy atom. The Balaban J connectivity index is 2.48. The molecule has 13 heavy (non-hydrogen) atoms. The summed E-state index contributed by atoms with van der Waals surface area (Å²) in [5.74, 6) is 0.0969. The third-order valence-electron chi connectivity index (χ3n) is 2.42. The van der Waals surface area contributed by atoms with E-state index < -0.39 is 0 Å². The SMILES string of the molecule is CC(=O)N1CCCCC(NC=O)C1. The Morgan fingerprint density at radius 2 is 2.31 bits per heavy atom. The number of carbonyl (C=O) groups is 2. The van der Waals surface area contributed by atoms with Gasteiger partial charge in [0, 0.05) is 26.1 Å². The predicted molar refractivity (Wildman–Crippen MR) is 49.1 cm³/mol. The van der Waals surface area contributed by atoms with Crippen LogP contribution in [0.15, 0.2) is 0 Å². The lowest BCUT2D eigenvalue weighted by molar-refractivity contribution is -0.129. The number of hydrogen-bond acceptors (Lipinski definition) is 2. The van der Waals surface area contributed by atoms with Crippen LogP contribution in [0.1, 0.15) is 26.2 Å². The van der Waals surface area contributed by atoms with Gasteiger partial charge in [-0.25, -0.2) is 0 Å². The molecule has 1 atom stereocenters. The van der Waals surface area contributed by atoms with Crippen LogP contribution in [0, 0.1) is 0 Å². The van der Waals surface area contributed by atoms with Crippen molar-refractivity contribution in [1.82, 2.24) is 10.2 Å². The molecule has 1 fully saturated rings. The van der Waals surface area contributed by atoms with E-state index in [1.54, 1.807) is 11.8 Å². The maximum Gasteiger partial charge on any atom is 0.219 e. The minimum Gasteiger partial charge on any atom is -0.354 e. The highest BCUT2D eigenvalue weighted by atomic mass is 16.2. The molecule has 4 heteroatoms. The molecule has 0 aliphatic carbocycles. The first kappa shape index (κ1) is 10.0. The molecule has 4 nitrogen and oxygen atoms in total. The Kier molecular flexibility index (Phi) is 3.73. The molecule has 0 aromatic rings. The third kappa shape index (κ3) is 3.05. The molecule has 0 aromatic carbocycles. The molecule has 1 rings (SSSR count). The molecule has 0 radical (unpaired) electrons. The van der Waals surface area contributed by atoms with Gasteiger partial charge in [0.15, 0.2) is 0 Å². The number of amides is 2. The summed E-state index contributed by atoms with van der Waals surface area (Å²) < 4.78 is 0. The van der Waals surface area contributed by atoms with Crippen LogP contribution in [0.3, 0.4) is 0 Å². The summed E-state index contributed by atoms with van der Waals surface area (Å²) in [4.78, 5) is 23.2. The van der Waals surface area contributed by atoms with Crippen LogP contribution in [-0.2, 0) is 9.59 Å². The monoisotopic (exact) mass is 184 g/mol. The van der Waals surface area contributed by atoms with Gasteiger partial charge >= 0.3 is 0 Å². The second-order valence-corrected chi connectivity index (χ2v) is 3.44. The lowest BCUT2D eigenvalue weighted by Gasteiger charge is -2.22. The van der Waals surface area contributed by atoms with E-state index in [0.717, 1.165) is 25.8 Å². The molecule has 0 aromatic heterocycles. The van der Waals surface area contributed by atoms with Crippen molar-refractivity contribution in [2.75, 3.05) is 13.1 Å². The number of rotatable bonds is 2. The van der Waals surface area contributed by atoms with Gasteiger partial charge in [0.2, 0.25) is 12.3 Å². The van der Waals surface area contributed by atoms with Gasteiger partial charge in [0.1, 0.15) is 0 Å². The molecule has 0 spiro atoms. The number of carbonyl (C=O) groups excluding carboxylic acids is 2. The zero-order chi connectivity index (χ0) is 9.68. The molecule has 0 saturated carbocycles. The van der Waals surface area contributed by atoms with Crippen LogP contribution in [0.25, 0.3) is 0 Å². The van der Waals surface area contributed by atoms with E-state index in [1.165, 1.54) is 0 Å². The van der Waals surface area contributed by atoms with Gasteiger partial charge in [-0.15, -0.1) is 0 Å². The van der Waals surface area contributed by atoms with Crippen molar-refractivity contribution in [3.05, 3.63) is 0 Å². The summed E-state index contributed by atoms with van der Waals surface area (Å²) in [6.07, 6.45) is 3.81. The minimum absolute atomic E-state index is 0.0969. The van der Waals surface area contributed by atoms with Crippen molar-refractivity contribution < 1.29 is 9.59 Å². The minimum atomic E-state index is 0.0969. The smallest absolute Gasteiger partial charge is 0.219 e. The van der Waals surface area contributed by atoms with Crippen LogP contribution in [-0.4, -0.2) is 36.3 Å². The summed E-state index contributed by atoms with van der Waals surface area (Å²) >= 11 is 0. The fraction of sp³-hybridized carbons (Fsp3) is 0.778. The van der Waals surface area contributed by atoms with Crippen molar-refractivity contribution in [2.45, 2.75) is 32.2 Å². The van der Waals surface area contributed by atoms with Gasteiger partial charge in [-0.05, 0) is 19.3 Å². The van der Waals surface area contributed by atoms with Gasteiger partial charge < -0.3 is 10.2 Å². The van der Waals surface area contributed by atoms with E-state index in [4.69, 9.17) is 0 Å². The molecule has 0 bridgehead atoms. The quantitative estimate of drug-likeness (QED) is 0.620. The highest BCUT2D eigenvalue weighted by Gasteiger charge is 2.18. The number of nitrogens with one attached hydrogen (secondary N) is 1. The summed E-state index contributed by atoms with van der Waals surface area (Å²) in [5.41, 5.74) is 0. The zero-order valence-electron chi connectivity index (χ0n) is 7.95. The number of likely N-dealkylation sites (tertiary alicyclic amines) is 1. The standard InChI is InChI=1S/C9H16N2O2/c1-8(13)11-5-3-2-4-9(6-11)10-7-12/h7,9H,2-6H2,1H3,(H,10,12). The average molecular weight is 184 g/mol. The van der Waals surface area contributed by atoms with Crippen LogP contribution in [0.2, 0.25) is 0 Å². The maximum absolute atomic E-state index is 11.1. The van der Waals surface area contributed by atoms with Crippen molar-refractivity contribution >= 4 is 12.3 Å². The molecule has 74 valence electrons. The van der Waals surface area contributed by atoms with Gasteiger partial charge in [-0.1, -0.05) is 0 Å². The molecule has 1 saturated heterocycles. The summed E-state index contributed by atoms with van der Waals surface area (Å²) in [7, 11) is 0. The summed E-state index contributed by atoms with van der Waals surface area (Å²) in [5, 5.41) is 2.73. The molecule has 1 heterocycles. The number of hydrogen-bond donors (Lipinski definition) is 1. The molecule has 2 amide bonds. The van der Waals surface area contributed by atoms with E-state index in [0.29, 0.717) is 13.0 Å². The van der Waals surface area contributed by atoms with Crippen molar-refractivity contribution in [3.8, 4) is 0 Å². The van der Waals surface area contributed by atoms with Gasteiger partial charge in [0.25, 0.3) is 0 Å². The van der Waals surface area contributed by atoms with Gasteiger partial charge in [-0.2, -0.15) is 0 Å². The second kappa shape index (κ2) is 4.84. The first-order valence-corrected chi connectivity index (χ1v) is 4.69. The largest absolute Gasteiger partial charge is 0.354 e. The molecular formula is C9H16N2O2. The second-order valence-electron chi connectivity index (χ2n) is 3.44. The number of nitrogens with zero attached hydrogens (tertiary/aromatic N) is 1. The average Bonchev–Trinajstić information content (AvgIpc) is 2.30. The molecular weight excluding hydrogens is 168 g/mol. The topological polar surface area (TPSA) is 49.4 Å². The van der Waals surface area contributed by atoms with E-state index >= 15 is 0 Å². The maximum atomic E-state index is 11.1. The Hall–Kier alpha value is -1.06. The van der Waals surface area contributed by atoms with Crippen molar-refractivity contribution in [3.63, 3.8) is 0 Å². The molecule has 1 unspecified atom stereocenters. The summed E-state index contributed by atoms with van der Waals surface area (Å²) in [6.45, 7) is 3.06. The highest BCUT2D eigenvalue weighted by molar-refractivity contribution is 5.73. The van der Waals surface area contributed by atoms with E-state index in [2.05, 4.69) is 5.32 Å². The summed E-state index contributed by atoms with van der Waals surface area (Å²) in [6, 6.07) is 0.142. The predicted octanol–water partition coefficient (Wildman–Crippen LogP) is 0.133. The van der Waals surface area contributed by atoms with Crippen LogP contribution in [0.5, 0.6) is 0 Å². The molecule has 1 N–H and O–H groups in total. The normalized spacial score (nSPS) is 23.5. The fourth-order valence-electron chi connectivity index (χ4n) is 1.66. The lowest BCUT2D eigenvalue weighted by Crippen LogP contribution is -2.41. The van der Waals surface area contributed by atoms with E-state index in [-0.39, 0.29) is 11.9 Å². The Bertz CT molecular complexity index is 194. The van der Waals surface area contributed by atoms with Crippen molar-refractivity contribution in [2.24, 2.45) is 0 Å². The fourth-order valence-corrected chi connectivity index (χ4v) is 1.66. The Labute approximate surface area is 78.3 Å². The van der Waals surface area contributed by atoms with Gasteiger partial charge in [-0.3, -0.25) is 9.59 Å². The molecule has 1 aliphatic rings. The van der Waals surface area contributed by atoms with Gasteiger partial charge in [0.05, 0.1) is 0 Å². The van der Waals surface area contributed by atoms with E-state index in [1.807, 2.05) is 0 Å². The lowest BCUT2D eigenvalue weighted by atomic mass is 10.1. The van der Waals surface area contributed by atoms with Crippen LogP contribution < -0.4 is 5.32 Å². The van der Waals surface area contributed by atoms with Crippen molar-refractivity contribution in [1.29, 1.82) is 0 Å². The third-order valence-corrected chi connectivity index (χ3v) is 2.42. The molecule has 1 aliphatic heterocycles. The zero-order valence-corrected chi connectivity index (χ0v) is 7.95. The first-order valence-electron chi connectivity index (χ1n) is 4.69. The first-order chi connectivity index (χ1) is 6.24. The highest BCUT2D eigenvalue weighted by Crippen LogP contribution is 2.10.